The molecule has 0 heterocycles. The van der Waals surface area contributed by atoms with E-state index in [4.69, 9.17) is 4.74 Å². The van der Waals surface area contributed by atoms with Crippen molar-refractivity contribution >= 4 is 27.7 Å². The normalized spacial score (nSPS) is 12.8. The molecule has 1 aromatic rings. The van der Waals surface area contributed by atoms with Gasteiger partial charge in [0.15, 0.2) is 0 Å². The van der Waals surface area contributed by atoms with Crippen molar-refractivity contribution in [3.8, 4) is 0 Å². The molecule has 1 atom stereocenters. The minimum atomic E-state index is -0.413. The maximum absolute atomic E-state index is 9.44. The quantitative estimate of drug-likeness (QED) is 0.643. The molecule has 1 rings (SSSR count). The Labute approximate surface area is 110 Å². The smallest absolute Gasteiger partial charge is 0.0762 e. The highest BCUT2D eigenvalue weighted by Crippen LogP contribution is 2.30. The van der Waals surface area contributed by atoms with Crippen LogP contribution in [0.4, 0.5) is 0 Å². The Morgan fingerprint density at radius 1 is 1.50 bits per heavy atom. The van der Waals surface area contributed by atoms with E-state index in [2.05, 4.69) is 15.9 Å². The first-order valence-electron chi connectivity index (χ1n) is 5.24. The van der Waals surface area contributed by atoms with Gasteiger partial charge in [0.25, 0.3) is 0 Å². The van der Waals surface area contributed by atoms with Crippen molar-refractivity contribution in [1.82, 2.24) is 0 Å². The lowest BCUT2D eigenvalue weighted by Gasteiger charge is -2.08. The van der Waals surface area contributed by atoms with Crippen molar-refractivity contribution in [1.29, 1.82) is 0 Å². The van der Waals surface area contributed by atoms with E-state index >= 15 is 0 Å². The van der Waals surface area contributed by atoms with E-state index in [0.717, 1.165) is 28.8 Å². The Kier molecular flexibility index (Phi) is 6.43. The number of methoxy groups -OCH3 is 1. The van der Waals surface area contributed by atoms with E-state index in [9.17, 15) is 5.11 Å². The molecule has 0 radical (unpaired) electrons. The van der Waals surface area contributed by atoms with Crippen LogP contribution in [0.25, 0.3) is 0 Å². The molecule has 4 heteroatoms. The number of hydrogen-bond acceptors (Lipinski definition) is 3. The van der Waals surface area contributed by atoms with Crippen molar-refractivity contribution in [2.45, 2.75) is 24.3 Å². The molecule has 16 heavy (non-hydrogen) atoms. The van der Waals surface area contributed by atoms with E-state index < -0.39 is 6.10 Å². The van der Waals surface area contributed by atoms with Crippen molar-refractivity contribution in [3.63, 3.8) is 0 Å². The van der Waals surface area contributed by atoms with Gasteiger partial charge in [0, 0.05) is 28.8 Å². The SMILES string of the molecule is COCCCSc1ccc(C(C)O)cc1Br. The molecule has 0 bridgehead atoms. The van der Waals surface area contributed by atoms with E-state index in [-0.39, 0.29) is 0 Å². The molecule has 0 fully saturated rings. The zero-order chi connectivity index (χ0) is 12.0. The summed E-state index contributed by atoms with van der Waals surface area (Å²) in [5, 5.41) is 9.44. The van der Waals surface area contributed by atoms with Gasteiger partial charge < -0.3 is 9.84 Å². The van der Waals surface area contributed by atoms with Crippen LogP contribution < -0.4 is 0 Å². The first-order chi connectivity index (χ1) is 7.65. The van der Waals surface area contributed by atoms with Crippen LogP contribution >= 0.6 is 27.7 Å². The summed E-state index contributed by atoms with van der Waals surface area (Å²) in [7, 11) is 1.72. The third-order valence-corrected chi connectivity index (χ3v) is 4.27. The Morgan fingerprint density at radius 3 is 2.81 bits per heavy atom. The van der Waals surface area contributed by atoms with Gasteiger partial charge in [-0.2, -0.15) is 0 Å². The van der Waals surface area contributed by atoms with Crippen molar-refractivity contribution in [2.75, 3.05) is 19.5 Å². The molecule has 0 aliphatic heterocycles. The lowest BCUT2D eigenvalue weighted by Crippen LogP contribution is -1.93. The monoisotopic (exact) mass is 304 g/mol. The highest BCUT2D eigenvalue weighted by atomic mass is 79.9. The second kappa shape index (κ2) is 7.33. The number of hydrogen-bond donors (Lipinski definition) is 1. The first-order valence-corrected chi connectivity index (χ1v) is 7.02. The Hall–Kier alpha value is -0.0300. The number of aliphatic hydroxyl groups excluding tert-OH is 1. The summed E-state index contributed by atoms with van der Waals surface area (Å²) >= 11 is 5.32. The van der Waals surface area contributed by atoms with Gasteiger partial charge in [-0.3, -0.25) is 0 Å². The van der Waals surface area contributed by atoms with Crippen LogP contribution in [0.3, 0.4) is 0 Å². The van der Waals surface area contributed by atoms with Gasteiger partial charge in [-0.25, -0.2) is 0 Å². The second-order valence-electron chi connectivity index (χ2n) is 3.56. The number of ether oxygens (including phenoxy) is 1. The van der Waals surface area contributed by atoms with Gasteiger partial charge in [0.1, 0.15) is 0 Å². The predicted molar refractivity (Wildman–Crippen MR) is 72.0 cm³/mol. The molecule has 90 valence electrons. The summed E-state index contributed by atoms with van der Waals surface area (Å²) in [6.45, 7) is 2.57. The Balaban J connectivity index is 2.54. The van der Waals surface area contributed by atoms with Gasteiger partial charge in [0.2, 0.25) is 0 Å². The summed E-state index contributed by atoms with van der Waals surface area (Å²) in [5.74, 6) is 1.04. The number of thioether (sulfide) groups is 1. The third kappa shape index (κ3) is 4.45. The standard InChI is InChI=1S/C12H17BrO2S/c1-9(14)10-4-5-12(11(13)8-10)16-7-3-6-15-2/h4-5,8-9,14H,3,6-7H2,1-2H3. The lowest BCUT2D eigenvalue weighted by molar-refractivity contribution is 0.199. The van der Waals surface area contributed by atoms with Crippen LogP contribution in [-0.2, 0) is 4.74 Å². The highest BCUT2D eigenvalue weighted by molar-refractivity contribution is 9.10. The number of aliphatic hydroxyl groups is 1. The molecular weight excluding hydrogens is 288 g/mol. The fourth-order valence-corrected chi connectivity index (χ4v) is 2.86. The maximum atomic E-state index is 9.44. The maximum Gasteiger partial charge on any atom is 0.0762 e. The summed E-state index contributed by atoms with van der Waals surface area (Å²) < 4.78 is 6.05. The first kappa shape index (κ1) is 14.0. The number of rotatable bonds is 6. The topological polar surface area (TPSA) is 29.5 Å². The van der Waals surface area contributed by atoms with Crippen LogP contribution in [0.2, 0.25) is 0 Å². The molecule has 1 unspecified atom stereocenters. The van der Waals surface area contributed by atoms with E-state index in [1.807, 2.05) is 18.2 Å². The second-order valence-corrected chi connectivity index (χ2v) is 5.55. The average molecular weight is 305 g/mol. The molecule has 0 aromatic heterocycles. The van der Waals surface area contributed by atoms with Gasteiger partial charge in [-0.15, -0.1) is 11.8 Å². The largest absolute Gasteiger partial charge is 0.389 e. The van der Waals surface area contributed by atoms with Crippen LogP contribution in [0, 0.1) is 0 Å². The van der Waals surface area contributed by atoms with Crippen LogP contribution in [0.15, 0.2) is 27.6 Å². The summed E-state index contributed by atoms with van der Waals surface area (Å²) in [4.78, 5) is 1.21. The van der Waals surface area contributed by atoms with E-state index in [1.165, 1.54) is 4.90 Å². The molecule has 2 nitrogen and oxygen atoms in total. The van der Waals surface area contributed by atoms with Crippen LogP contribution in [0.5, 0.6) is 0 Å². The third-order valence-electron chi connectivity index (χ3n) is 2.19. The molecule has 0 saturated carbocycles. The van der Waals surface area contributed by atoms with Gasteiger partial charge >= 0.3 is 0 Å². The molecule has 1 N–H and O–H groups in total. The number of halogens is 1. The van der Waals surface area contributed by atoms with Crippen LogP contribution in [-0.4, -0.2) is 24.6 Å². The molecule has 1 aromatic carbocycles. The van der Waals surface area contributed by atoms with Crippen molar-refractivity contribution in [3.05, 3.63) is 28.2 Å². The lowest BCUT2D eigenvalue weighted by atomic mass is 10.1. The summed E-state index contributed by atoms with van der Waals surface area (Å²) in [6.07, 6.45) is 0.634. The van der Waals surface area contributed by atoms with Gasteiger partial charge in [-0.1, -0.05) is 6.07 Å². The van der Waals surface area contributed by atoms with E-state index in [0.29, 0.717) is 0 Å². The van der Waals surface area contributed by atoms with Crippen molar-refractivity contribution in [2.24, 2.45) is 0 Å². The Bertz CT molecular complexity index is 329. The molecule has 0 spiro atoms. The van der Waals surface area contributed by atoms with Crippen molar-refractivity contribution < 1.29 is 9.84 Å². The van der Waals surface area contributed by atoms with E-state index in [1.54, 1.807) is 25.8 Å². The Morgan fingerprint density at radius 2 is 2.25 bits per heavy atom. The molecule has 0 amide bonds. The molecule has 0 aliphatic rings. The fourth-order valence-electron chi connectivity index (χ4n) is 1.28. The summed E-state index contributed by atoms with van der Waals surface area (Å²) in [5.41, 5.74) is 0.938. The highest BCUT2D eigenvalue weighted by Gasteiger charge is 2.05. The summed E-state index contributed by atoms with van der Waals surface area (Å²) in [6, 6.07) is 5.99. The fraction of sp³-hybridized carbons (Fsp3) is 0.500. The minimum Gasteiger partial charge on any atom is -0.389 e. The van der Waals surface area contributed by atoms with Gasteiger partial charge in [0.05, 0.1) is 6.10 Å². The molecular formula is C12H17BrO2S. The van der Waals surface area contributed by atoms with Gasteiger partial charge in [-0.05, 0) is 47.0 Å². The zero-order valence-corrected chi connectivity index (χ0v) is 12.0. The average Bonchev–Trinajstić information content (AvgIpc) is 2.26. The number of benzene rings is 1. The predicted octanol–water partition coefficient (Wildman–Crippen LogP) is 3.63. The van der Waals surface area contributed by atoms with Crippen LogP contribution in [0.1, 0.15) is 25.0 Å². The minimum absolute atomic E-state index is 0.413. The molecule has 0 saturated heterocycles. The molecule has 0 aliphatic carbocycles. The zero-order valence-electron chi connectivity index (χ0n) is 9.57.